The molecule has 0 fully saturated rings. The fourth-order valence-corrected chi connectivity index (χ4v) is 2.62. The molecule has 0 aliphatic carbocycles. The van der Waals surface area contributed by atoms with Gasteiger partial charge in [0, 0.05) is 13.0 Å². The van der Waals surface area contributed by atoms with Crippen molar-refractivity contribution in [3.05, 3.63) is 28.5 Å². The van der Waals surface area contributed by atoms with Crippen LogP contribution in [0.15, 0.2) is 27.6 Å². The standard InChI is InChI=1S/C12H13BrFNO2S/c1-2-3-4-5-8-15-18(16,17)10-6-7-11(13)12(14)9-10/h1,6-7,9,15H,3-5,8H2. The number of rotatable bonds is 6. The number of benzene rings is 1. The van der Waals surface area contributed by atoms with E-state index in [9.17, 15) is 12.8 Å². The molecule has 0 saturated carbocycles. The summed E-state index contributed by atoms with van der Waals surface area (Å²) in [6.45, 7) is 0.293. The summed E-state index contributed by atoms with van der Waals surface area (Å²) in [4.78, 5) is -0.0832. The number of halogens is 2. The molecule has 98 valence electrons. The molecule has 0 aromatic heterocycles. The summed E-state index contributed by atoms with van der Waals surface area (Å²) in [6, 6.07) is 3.69. The maximum atomic E-state index is 13.2. The van der Waals surface area contributed by atoms with E-state index in [1.54, 1.807) is 0 Å². The second-order valence-corrected chi connectivity index (χ2v) is 6.26. The van der Waals surface area contributed by atoms with Crippen LogP contribution >= 0.6 is 15.9 Å². The highest BCUT2D eigenvalue weighted by atomic mass is 79.9. The van der Waals surface area contributed by atoms with Gasteiger partial charge >= 0.3 is 0 Å². The summed E-state index contributed by atoms with van der Waals surface area (Å²) in [5.74, 6) is 1.87. The van der Waals surface area contributed by atoms with E-state index in [1.165, 1.54) is 12.1 Å². The van der Waals surface area contributed by atoms with Crippen LogP contribution in [0.1, 0.15) is 19.3 Å². The van der Waals surface area contributed by atoms with E-state index in [0.717, 1.165) is 12.5 Å². The van der Waals surface area contributed by atoms with E-state index in [0.29, 0.717) is 19.4 Å². The van der Waals surface area contributed by atoms with Crippen molar-refractivity contribution in [2.75, 3.05) is 6.54 Å². The van der Waals surface area contributed by atoms with Crippen molar-refractivity contribution in [2.45, 2.75) is 24.2 Å². The highest BCUT2D eigenvalue weighted by molar-refractivity contribution is 9.10. The van der Waals surface area contributed by atoms with Gasteiger partial charge in [-0.2, -0.15) is 0 Å². The maximum absolute atomic E-state index is 13.2. The Labute approximate surface area is 115 Å². The van der Waals surface area contributed by atoms with Crippen LogP contribution in [0.25, 0.3) is 0 Å². The second kappa shape index (κ2) is 6.88. The minimum atomic E-state index is -3.65. The lowest BCUT2D eigenvalue weighted by Crippen LogP contribution is -2.24. The first-order valence-electron chi connectivity index (χ1n) is 5.35. The zero-order chi connectivity index (χ0) is 13.6. The number of unbranched alkanes of at least 4 members (excludes halogenated alkanes) is 2. The number of hydrogen-bond acceptors (Lipinski definition) is 2. The van der Waals surface area contributed by atoms with Crippen molar-refractivity contribution in [2.24, 2.45) is 0 Å². The van der Waals surface area contributed by atoms with Gasteiger partial charge in [0.15, 0.2) is 0 Å². The highest BCUT2D eigenvalue weighted by Gasteiger charge is 2.14. The normalized spacial score (nSPS) is 11.2. The molecule has 0 spiro atoms. The van der Waals surface area contributed by atoms with Crippen LogP contribution in [0.2, 0.25) is 0 Å². The summed E-state index contributed by atoms with van der Waals surface area (Å²) < 4.78 is 39.5. The van der Waals surface area contributed by atoms with Gasteiger partial charge in [-0.1, -0.05) is 0 Å². The number of terminal acetylenes is 1. The predicted molar refractivity (Wildman–Crippen MR) is 72.0 cm³/mol. The molecule has 0 saturated heterocycles. The quantitative estimate of drug-likeness (QED) is 0.642. The lowest BCUT2D eigenvalue weighted by molar-refractivity contribution is 0.573. The summed E-state index contributed by atoms with van der Waals surface area (Å²) >= 11 is 2.97. The molecule has 1 aromatic rings. The average Bonchev–Trinajstić information content (AvgIpc) is 2.32. The third kappa shape index (κ3) is 4.41. The smallest absolute Gasteiger partial charge is 0.211 e. The van der Waals surface area contributed by atoms with Gasteiger partial charge in [-0.25, -0.2) is 17.5 Å². The Kier molecular flexibility index (Phi) is 5.79. The lowest BCUT2D eigenvalue weighted by atomic mass is 10.2. The first-order valence-corrected chi connectivity index (χ1v) is 7.63. The third-order valence-corrected chi connectivity index (χ3v) is 4.34. The summed E-state index contributed by atoms with van der Waals surface area (Å²) in [6.07, 6.45) is 7.12. The third-order valence-electron chi connectivity index (χ3n) is 2.24. The highest BCUT2D eigenvalue weighted by Crippen LogP contribution is 2.19. The van der Waals surface area contributed by atoms with Crippen LogP contribution in [-0.4, -0.2) is 15.0 Å². The van der Waals surface area contributed by atoms with Crippen LogP contribution in [-0.2, 0) is 10.0 Å². The predicted octanol–water partition coefficient (Wildman–Crippen LogP) is 2.67. The Morgan fingerprint density at radius 2 is 2.11 bits per heavy atom. The summed E-state index contributed by atoms with van der Waals surface area (Å²) in [5, 5.41) is 0. The van der Waals surface area contributed by atoms with Gasteiger partial charge in [0.25, 0.3) is 0 Å². The van der Waals surface area contributed by atoms with E-state index >= 15 is 0 Å². The van der Waals surface area contributed by atoms with E-state index in [1.807, 2.05) is 0 Å². The van der Waals surface area contributed by atoms with Gasteiger partial charge in [-0.05, 0) is 47.0 Å². The maximum Gasteiger partial charge on any atom is 0.240 e. The van der Waals surface area contributed by atoms with Crippen molar-refractivity contribution in [3.63, 3.8) is 0 Å². The van der Waals surface area contributed by atoms with Crippen molar-refractivity contribution in [1.29, 1.82) is 0 Å². The number of hydrogen-bond donors (Lipinski definition) is 1. The molecule has 0 aliphatic heterocycles. The molecule has 1 rings (SSSR count). The molecule has 6 heteroatoms. The minimum absolute atomic E-state index is 0.0832. The van der Waals surface area contributed by atoms with E-state index in [4.69, 9.17) is 6.42 Å². The van der Waals surface area contributed by atoms with Gasteiger partial charge < -0.3 is 0 Å². The first-order chi connectivity index (χ1) is 8.47. The van der Waals surface area contributed by atoms with Crippen molar-refractivity contribution < 1.29 is 12.8 Å². The summed E-state index contributed by atoms with van der Waals surface area (Å²) in [5.41, 5.74) is 0. The van der Waals surface area contributed by atoms with Gasteiger partial charge in [-0.3, -0.25) is 0 Å². The van der Waals surface area contributed by atoms with Crippen LogP contribution in [0.3, 0.4) is 0 Å². The molecule has 0 amide bonds. The second-order valence-electron chi connectivity index (χ2n) is 3.63. The average molecular weight is 334 g/mol. The molecule has 1 N–H and O–H groups in total. The van der Waals surface area contributed by atoms with E-state index in [-0.39, 0.29) is 9.37 Å². The van der Waals surface area contributed by atoms with Gasteiger partial charge in [0.1, 0.15) is 5.82 Å². The molecule has 0 aliphatic rings. The topological polar surface area (TPSA) is 46.2 Å². The Bertz CT molecular complexity index is 552. The molecule has 0 bridgehead atoms. The Hall–Kier alpha value is -0.900. The van der Waals surface area contributed by atoms with Gasteiger partial charge in [0.2, 0.25) is 10.0 Å². The molecular weight excluding hydrogens is 321 g/mol. The number of nitrogens with one attached hydrogen (secondary N) is 1. The van der Waals surface area contributed by atoms with E-state index in [2.05, 4.69) is 26.6 Å². The van der Waals surface area contributed by atoms with Gasteiger partial charge in [-0.15, -0.1) is 12.3 Å². The zero-order valence-corrected chi connectivity index (χ0v) is 12.0. The van der Waals surface area contributed by atoms with Crippen molar-refractivity contribution in [1.82, 2.24) is 4.72 Å². The van der Waals surface area contributed by atoms with Crippen molar-refractivity contribution >= 4 is 26.0 Å². The number of sulfonamides is 1. The molecule has 18 heavy (non-hydrogen) atoms. The van der Waals surface area contributed by atoms with Crippen LogP contribution < -0.4 is 4.72 Å². The molecule has 0 radical (unpaired) electrons. The fourth-order valence-electron chi connectivity index (χ4n) is 1.29. The Morgan fingerprint density at radius 3 is 2.72 bits per heavy atom. The first kappa shape index (κ1) is 15.2. The molecule has 3 nitrogen and oxygen atoms in total. The largest absolute Gasteiger partial charge is 0.240 e. The lowest BCUT2D eigenvalue weighted by Gasteiger charge is -2.06. The van der Waals surface area contributed by atoms with Crippen LogP contribution in [0.5, 0.6) is 0 Å². The minimum Gasteiger partial charge on any atom is -0.211 e. The SMILES string of the molecule is C#CCCCCNS(=O)(=O)c1ccc(Br)c(F)c1. The van der Waals surface area contributed by atoms with Crippen molar-refractivity contribution in [3.8, 4) is 12.3 Å². The van der Waals surface area contributed by atoms with E-state index < -0.39 is 15.8 Å². The monoisotopic (exact) mass is 333 g/mol. The van der Waals surface area contributed by atoms with Gasteiger partial charge in [0.05, 0.1) is 9.37 Å². The summed E-state index contributed by atoms with van der Waals surface area (Å²) in [7, 11) is -3.65. The van der Waals surface area contributed by atoms with Crippen LogP contribution in [0, 0.1) is 18.2 Å². The Morgan fingerprint density at radius 1 is 1.39 bits per heavy atom. The molecular formula is C12H13BrFNO2S. The Balaban J connectivity index is 2.63. The zero-order valence-electron chi connectivity index (χ0n) is 9.62. The van der Waals surface area contributed by atoms with Crippen LogP contribution in [0.4, 0.5) is 4.39 Å². The molecule has 0 atom stereocenters. The molecule has 0 unspecified atom stereocenters. The molecule has 1 aromatic carbocycles. The molecule has 0 heterocycles. The fraction of sp³-hybridized carbons (Fsp3) is 0.333.